The first-order chi connectivity index (χ1) is 9.88. The van der Waals surface area contributed by atoms with E-state index in [2.05, 4.69) is 5.32 Å². The SMILES string of the molecule is CCCC[C@H](NC(=O)C(C)c1c(F)cccc1F)C(=O)O. The highest BCUT2D eigenvalue weighted by Gasteiger charge is 2.26. The number of amides is 1. The molecule has 6 heteroatoms. The molecule has 0 spiro atoms. The molecule has 0 bridgehead atoms. The zero-order valence-electron chi connectivity index (χ0n) is 12.0. The van der Waals surface area contributed by atoms with Crippen LogP contribution in [-0.4, -0.2) is 23.0 Å². The molecule has 2 N–H and O–H groups in total. The molecule has 0 saturated carbocycles. The van der Waals surface area contributed by atoms with Gasteiger partial charge in [0, 0.05) is 5.56 Å². The molecule has 1 amide bonds. The topological polar surface area (TPSA) is 66.4 Å². The number of carboxylic acids is 1. The van der Waals surface area contributed by atoms with Crippen molar-refractivity contribution in [3.8, 4) is 0 Å². The summed E-state index contributed by atoms with van der Waals surface area (Å²) in [6, 6.07) is 2.29. The first-order valence-electron chi connectivity index (χ1n) is 6.85. The maximum atomic E-state index is 13.6. The molecule has 0 aliphatic rings. The van der Waals surface area contributed by atoms with Crippen LogP contribution >= 0.6 is 0 Å². The van der Waals surface area contributed by atoms with Gasteiger partial charge >= 0.3 is 5.97 Å². The lowest BCUT2D eigenvalue weighted by Crippen LogP contribution is -2.42. The first kappa shape index (κ1) is 17.1. The molecule has 4 nitrogen and oxygen atoms in total. The molecule has 0 saturated heterocycles. The fourth-order valence-electron chi connectivity index (χ4n) is 2.02. The monoisotopic (exact) mass is 299 g/mol. The molecule has 1 unspecified atom stereocenters. The molecule has 0 aliphatic carbocycles. The Kier molecular flexibility index (Phi) is 6.27. The molecule has 0 aliphatic heterocycles. The predicted octanol–water partition coefficient (Wildman–Crippen LogP) is 2.83. The van der Waals surface area contributed by atoms with Crippen molar-refractivity contribution in [1.82, 2.24) is 5.32 Å². The minimum atomic E-state index is -1.15. The average molecular weight is 299 g/mol. The molecule has 116 valence electrons. The van der Waals surface area contributed by atoms with Crippen LogP contribution in [0, 0.1) is 11.6 Å². The number of aliphatic carboxylic acids is 1. The summed E-state index contributed by atoms with van der Waals surface area (Å²) in [5.74, 6) is -4.61. The van der Waals surface area contributed by atoms with Gasteiger partial charge in [-0.15, -0.1) is 0 Å². The van der Waals surface area contributed by atoms with E-state index in [1.807, 2.05) is 6.92 Å². The third-order valence-corrected chi connectivity index (χ3v) is 3.29. The van der Waals surface area contributed by atoms with E-state index in [-0.39, 0.29) is 12.0 Å². The molecule has 0 radical (unpaired) electrons. The summed E-state index contributed by atoms with van der Waals surface area (Å²) in [5.41, 5.74) is -0.352. The Morgan fingerprint density at radius 2 is 1.86 bits per heavy atom. The molecule has 2 atom stereocenters. The standard InChI is InChI=1S/C15H19F2NO3/c1-3-4-8-12(15(20)21)18-14(19)9(2)13-10(16)6-5-7-11(13)17/h5-7,9,12H,3-4,8H2,1-2H3,(H,18,19)(H,20,21)/t9?,12-/m0/s1. The summed E-state index contributed by atoms with van der Waals surface area (Å²) >= 11 is 0. The number of nitrogens with one attached hydrogen (secondary N) is 1. The van der Waals surface area contributed by atoms with Crippen molar-refractivity contribution >= 4 is 11.9 Å². The number of rotatable bonds is 7. The van der Waals surface area contributed by atoms with Crippen LogP contribution in [0.25, 0.3) is 0 Å². The first-order valence-corrected chi connectivity index (χ1v) is 6.85. The second-order valence-corrected chi connectivity index (χ2v) is 4.90. The van der Waals surface area contributed by atoms with E-state index in [1.54, 1.807) is 0 Å². The van der Waals surface area contributed by atoms with Gasteiger partial charge in [0.15, 0.2) is 0 Å². The molecule has 1 aromatic rings. The molecule has 1 rings (SSSR count). The fourth-order valence-corrected chi connectivity index (χ4v) is 2.02. The van der Waals surface area contributed by atoms with Gasteiger partial charge in [0.2, 0.25) is 5.91 Å². The number of benzene rings is 1. The largest absolute Gasteiger partial charge is 0.480 e. The Bertz CT molecular complexity index is 499. The van der Waals surface area contributed by atoms with Gasteiger partial charge in [0.1, 0.15) is 17.7 Å². The Morgan fingerprint density at radius 3 is 2.33 bits per heavy atom. The van der Waals surface area contributed by atoms with Crippen LogP contribution in [0.2, 0.25) is 0 Å². The third-order valence-electron chi connectivity index (χ3n) is 3.29. The van der Waals surface area contributed by atoms with E-state index in [1.165, 1.54) is 13.0 Å². The average Bonchev–Trinajstić information content (AvgIpc) is 2.42. The van der Waals surface area contributed by atoms with Crippen LogP contribution in [0.5, 0.6) is 0 Å². The van der Waals surface area contributed by atoms with E-state index in [4.69, 9.17) is 5.11 Å². The second-order valence-electron chi connectivity index (χ2n) is 4.90. The van der Waals surface area contributed by atoms with Crippen molar-refractivity contribution < 1.29 is 23.5 Å². The van der Waals surface area contributed by atoms with E-state index >= 15 is 0 Å². The maximum absolute atomic E-state index is 13.6. The molecule has 0 aromatic heterocycles. The molecular formula is C15H19F2NO3. The maximum Gasteiger partial charge on any atom is 0.326 e. The van der Waals surface area contributed by atoms with Gasteiger partial charge in [0.25, 0.3) is 0 Å². The van der Waals surface area contributed by atoms with Crippen molar-refractivity contribution in [1.29, 1.82) is 0 Å². The van der Waals surface area contributed by atoms with E-state index in [0.717, 1.165) is 18.6 Å². The van der Waals surface area contributed by atoms with Gasteiger partial charge in [-0.3, -0.25) is 4.79 Å². The zero-order valence-corrected chi connectivity index (χ0v) is 12.0. The van der Waals surface area contributed by atoms with Crippen molar-refractivity contribution in [2.75, 3.05) is 0 Å². The highest BCUT2D eigenvalue weighted by molar-refractivity contribution is 5.87. The highest BCUT2D eigenvalue weighted by atomic mass is 19.1. The van der Waals surface area contributed by atoms with Gasteiger partial charge in [0.05, 0.1) is 5.92 Å². The van der Waals surface area contributed by atoms with Crippen LogP contribution in [0.4, 0.5) is 8.78 Å². The predicted molar refractivity (Wildman–Crippen MR) is 73.9 cm³/mol. The summed E-state index contributed by atoms with van der Waals surface area (Å²) in [6.45, 7) is 3.24. The lowest BCUT2D eigenvalue weighted by molar-refractivity contribution is -0.142. The number of unbranched alkanes of at least 4 members (excludes halogenated alkanes) is 1. The van der Waals surface area contributed by atoms with Crippen molar-refractivity contribution in [3.05, 3.63) is 35.4 Å². The minimum absolute atomic E-state index is 0.282. The van der Waals surface area contributed by atoms with Crippen LogP contribution < -0.4 is 5.32 Å². The summed E-state index contributed by atoms with van der Waals surface area (Å²) in [7, 11) is 0. The lowest BCUT2D eigenvalue weighted by Gasteiger charge is -2.18. The summed E-state index contributed by atoms with van der Waals surface area (Å²) in [4.78, 5) is 23.1. The molecule has 21 heavy (non-hydrogen) atoms. The minimum Gasteiger partial charge on any atom is -0.480 e. The van der Waals surface area contributed by atoms with Gasteiger partial charge in [-0.1, -0.05) is 25.8 Å². The fraction of sp³-hybridized carbons (Fsp3) is 0.467. The molecule has 1 aromatic carbocycles. The van der Waals surface area contributed by atoms with E-state index < -0.39 is 35.5 Å². The highest BCUT2D eigenvalue weighted by Crippen LogP contribution is 2.22. The van der Waals surface area contributed by atoms with Crippen LogP contribution in [0.1, 0.15) is 44.6 Å². The molecule has 0 heterocycles. The Balaban J connectivity index is 2.84. The van der Waals surface area contributed by atoms with Gasteiger partial charge in [-0.25, -0.2) is 13.6 Å². The van der Waals surface area contributed by atoms with Crippen LogP contribution in [-0.2, 0) is 9.59 Å². The quantitative estimate of drug-likeness (QED) is 0.813. The molecular weight excluding hydrogens is 280 g/mol. The van der Waals surface area contributed by atoms with Crippen molar-refractivity contribution in [2.24, 2.45) is 0 Å². The molecule has 0 fully saturated rings. The summed E-state index contributed by atoms with van der Waals surface area (Å²) < 4.78 is 27.2. The Labute approximate surface area is 122 Å². The smallest absolute Gasteiger partial charge is 0.326 e. The Morgan fingerprint density at radius 1 is 1.29 bits per heavy atom. The van der Waals surface area contributed by atoms with Gasteiger partial charge in [-0.05, 0) is 25.5 Å². The van der Waals surface area contributed by atoms with Crippen molar-refractivity contribution in [2.45, 2.75) is 45.1 Å². The number of carboxylic acid groups (broad SMARTS) is 1. The second kappa shape index (κ2) is 7.71. The van der Waals surface area contributed by atoms with E-state index in [9.17, 15) is 18.4 Å². The van der Waals surface area contributed by atoms with Crippen molar-refractivity contribution in [3.63, 3.8) is 0 Å². The number of carbonyl (C=O) groups excluding carboxylic acids is 1. The number of carbonyl (C=O) groups is 2. The number of hydrogen-bond acceptors (Lipinski definition) is 2. The Hall–Kier alpha value is -1.98. The van der Waals surface area contributed by atoms with Crippen LogP contribution in [0.3, 0.4) is 0 Å². The zero-order chi connectivity index (χ0) is 16.0. The summed E-state index contributed by atoms with van der Waals surface area (Å²) in [6.07, 6.45) is 1.71. The van der Waals surface area contributed by atoms with E-state index in [0.29, 0.717) is 6.42 Å². The van der Waals surface area contributed by atoms with Gasteiger partial charge in [-0.2, -0.15) is 0 Å². The normalized spacial score (nSPS) is 13.5. The number of halogens is 2. The van der Waals surface area contributed by atoms with Crippen LogP contribution in [0.15, 0.2) is 18.2 Å². The summed E-state index contributed by atoms with van der Waals surface area (Å²) in [5, 5.41) is 11.4. The van der Waals surface area contributed by atoms with Gasteiger partial charge < -0.3 is 10.4 Å². The number of hydrogen-bond donors (Lipinski definition) is 2. The lowest BCUT2D eigenvalue weighted by atomic mass is 9.98. The third kappa shape index (κ3) is 4.51.